The Hall–Kier alpha value is -1.69. The van der Waals surface area contributed by atoms with Crippen molar-refractivity contribution in [2.75, 3.05) is 13.2 Å². The third-order valence-electron chi connectivity index (χ3n) is 2.47. The molecule has 0 aliphatic rings. The second kappa shape index (κ2) is 6.15. The Kier molecular flexibility index (Phi) is 4.84. The minimum absolute atomic E-state index is 0.376. The number of benzene rings is 1. The van der Waals surface area contributed by atoms with Crippen LogP contribution < -0.4 is 9.47 Å². The van der Waals surface area contributed by atoms with Crippen LogP contribution in [-0.4, -0.2) is 13.2 Å². The van der Waals surface area contributed by atoms with E-state index in [4.69, 9.17) is 9.47 Å². The number of rotatable bonds is 5. The third-order valence-corrected chi connectivity index (χ3v) is 2.47. The molecule has 0 unspecified atom stereocenters. The first-order chi connectivity index (χ1) is 8.13. The topological polar surface area (TPSA) is 42.2 Å². The van der Waals surface area contributed by atoms with E-state index in [0.717, 1.165) is 5.56 Å². The second-order valence-corrected chi connectivity index (χ2v) is 4.02. The summed E-state index contributed by atoms with van der Waals surface area (Å²) >= 11 is 0. The van der Waals surface area contributed by atoms with E-state index in [9.17, 15) is 5.26 Å². The lowest BCUT2D eigenvalue weighted by Gasteiger charge is -2.14. The molecule has 0 radical (unpaired) electrons. The minimum Gasteiger partial charge on any atom is -0.492 e. The van der Waals surface area contributed by atoms with Crippen molar-refractivity contribution in [1.29, 1.82) is 5.26 Å². The fourth-order valence-corrected chi connectivity index (χ4v) is 1.59. The summed E-state index contributed by atoms with van der Waals surface area (Å²) in [5.41, 5.74) is 1.61. The Morgan fingerprint density at radius 2 is 1.59 bits per heavy atom. The molecular weight excluding hydrogens is 214 g/mol. The summed E-state index contributed by atoms with van der Waals surface area (Å²) in [5.74, 6) is 1.61. The van der Waals surface area contributed by atoms with Gasteiger partial charge >= 0.3 is 0 Å². The van der Waals surface area contributed by atoms with E-state index in [0.29, 0.717) is 36.2 Å². The zero-order valence-electron chi connectivity index (χ0n) is 10.9. The predicted molar refractivity (Wildman–Crippen MR) is 67.6 cm³/mol. The van der Waals surface area contributed by atoms with Crippen LogP contribution in [0.5, 0.6) is 11.5 Å². The lowest BCUT2D eigenvalue weighted by molar-refractivity contribution is 0.320. The van der Waals surface area contributed by atoms with Gasteiger partial charge in [0.1, 0.15) is 23.1 Å². The minimum atomic E-state index is 0.376. The highest BCUT2D eigenvalue weighted by Gasteiger charge is 2.14. The third kappa shape index (κ3) is 3.13. The van der Waals surface area contributed by atoms with Gasteiger partial charge in [0.05, 0.1) is 13.2 Å². The Bertz CT molecular complexity index is 392. The van der Waals surface area contributed by atoms with Crippen molar-refractivity contribution in [3.63, 3.8) is 0 Å². The summed E-state index contributed by atoms with van der Waals surface area (Å²) in [6, 6.07) is 6.00. The summed E-state index contributed by atoms with van der Waals surface area (Å²) in [6.45, 7) is 9.11. The summed E-state index contributed by atoms with van der Waals surface area (Å²) in [4.78, 5) is 0. The molecule has 0 spiro atoms. The molecule has 0 fully saturated rings. The molecule has 1 aromatic carbocycles. The van der Waals surface area contributed by atoms with Crippen LogP contribution in [0.2, 0.25) is 0 Å². The molecule has 0 aromatic heterocycles. The van der Waals surface area contributed by atoms with E-state index in [1.54, 1.807) is 0 Å². The van der Waals surface area contributed by atoms with Crippen LogP contribution in [0.25, 0.3) is 0 Å². The van der Waals surface area contributed by atoms with Crippen LogP contribution in [0.4, 0.5) is 0 Å². The summed E-state index contributed by atoms with van der Waals surface area (Å²) in [7, 11) is 0. The van der Waals surface area contributed by atoms with Crippen molar-refractivity contribution in [2.24, 2.45) is 0 Å². The molecular formula is C14H19NO2. The maximum Gasteiger partial charge on any atom is 0.141 e. The number of hydrogen-bond acceptors (Lipinski definition) is 3. The van der Waals surface area contributed by atoms with Gasteiger partial charge in [-0.3, -0.25) is 0 Å². The monoisotopic (exact) mass is 233 g/mol. The zero-order valence-corrected chi connectivity index (χ0v) is 10.9. The Labute approximate surface area is 103 Å². The van der Waals surface area contributed by atoms with E-state index < -0.39 is 0 Å². The van der Waals surface area contributed by atoms with Gasteiger partial charge in [-0.25, -0.2) is 0 Å². The van der Waals surface area contributed by atoms with Crippen LogP contribution in [0.1, 0.15) is 44.7 Å². The van der Waals surface area contributed by atoms with Crippen LogP contribution >= 0.6 is 0 Å². The Morgan fingerprint density at radius 1 is 1.12 bits per heavy atom. The molecule has 0 heterocycles. The molecule has 1 aromatic rings. The normalized spacial score (nSPS) is 10.1. The van der Waals surface area contributed by atoms with Gasteiger partial charge in [0.15, 0.2) is 0 Å². The van der Waals surface area contributed by atoms with Gasteiger partial charge in [0, 0.05) is 0 Å². The van der Waals surface area contributed by atoms with E-state index >= 15 is 0 Å². The molecule has 17 heavy (non-hydrogen) atoms. The summed E-state index contributed by atoms with van der Waals surface area (Å²) in [5, 5.41) is 9.17. The number of ether oxygens (including phenoxy) is 2. The van der Waals surface area contributed by atoms with Gasteiger partial charge in [-0.15, -0.1) is 0 Å². The van der Waals surface area contributed by atoms with Crippen LogP contribution in [0.3, 0.4) is 0 Å². The maximum absolute atomic E-state index is 9.17. The predicted octanol–water partition coefficient (Wildman–Crippen LogP) is 3.48. The van der Waals surface area contributed by atoms with Crippen LogP contribution in [0.15, 0.2) is 12.1 Å². The van der Waals surface area contributed by atoms with Crippen molar-refractivity contribution >= 4 is 0 Å². The first-order valence-electron chi connectivity index (χ1n) is 5.97. The molecule has 3 heteroatoms. The SMILES string of the molecule is CCOc1cc(C(C)C)cc(OCC)c1C#N. The standard InChI is InChI=1S/C14H19NO2/c1-5-16-13-7-11(10(3)4)8-14(17-6-2)12(13)9-15/h7-8,10H,5-6H2,1-4H3. The molecule has 0 bridgehead atoms. The molecule has 1 rings (SSSR count). The first kappa shape index (κ1) is 13.4. The largest absolute Gasteiger partial charge is 0.492 e. The Balaban J connectivity index is 3.30. The van der Waals surface area contributed by atoms with Crippen molar-refractivity contribution in [3.8, 4) is 17.6 Å². The highest BCUT2D eigenvalue weighted by molar-refractivity contribution is 5.55. The molecule has 0 atom stereocenters. The van der Waals surface area contributed by atoms with Crippen LogP contribution in [-0.2, 0) is 0 Å². The fraction of sp³-hybridized carbons (Fsp3) is 0.500. The van der Waals surface area contributed by atoms with Crippen molar-refractivity contribution in [3.05, 3.63) is 23.3 Å². The molecule has 0 amide bonds. The van der Waals surface area contributed by atoms with Crippen molar-refractivity contribution in [1.82, 2.24) is 0 Å². The number of nitrogens with zero attached hydrogens (tertiary/aromatic N) is 1. The van der Waals surface area contributed by atoms with Gasteiger partial charge in [0.25, 0.3) is 0 Å². The van der Waals surface area contributed by atoms with E-state index in [1.807, 2.05) is 26.0 Å². The Morgan fingerprint density at radius 3 is 1.88 bits per heavy atom. The molecule has 0 aliphatic carbocycles. The fourth-order valence-electron chi connectivity index (χ4n) is 1.59. The van der Waals surface area contributed by atoms with Crippen molar-refractivity contribution in [2.45, 2.75) is 33.6 Å². The quantitative estimate of drug-likeness (QED) is 0.782. The first-order valence-corrected chi connectivity index (χ1v) is 5.97. The van der Waals surface area contributed by atoms with Gasteiger partial charge in [-0.05, 0) is 37.5 Å². The van der Waals surface area contributed by atoms with Gasteiger partial charge in [0.2, 0.25) is 0 Å². The molecule has 0 saturated heterocycles. The average molecular weight is 233 g/mol. The van der Waals surface area contributed by atoms with Crippen molar-refractivity contribution < 1.29 is 9.47 Å². The summed E-state index contributed by atoms with van der Waals surface area (Å²) in [6.07, 6.45) is 0. The number of hydrogen-bond donors (Lipinski definition) is 0. The lowest BCUT2D eigenvalue weighted by Crippen LogP contribution is -2.02. The molecule has 3 nitrogen and oxygen atoms in total. The molecule has 0 saturated carbocycles. The van der Waals surface area contributed by atoms with Gasteiger partial charge in [-0.2, -0.15) is 5.26 Å². The summed E-state index contributed by atoms with van der Waals surface area (Å²) < 4.78 is 11.0. The van der Waals surface area contributed by atoms with E-state index in [2.05, 4.69) is 19.9 Å². The highest BCUT2D eigenvalue weighted by atomic mass is 16.5. The van der Waals surface area contributed by atoms with Crippen LogP contribution in [0, 0.1) is 11.3 Å². The molecule has 0 N–H and O–H groups in total. The second-order valence-electron chi connectivity index (χ2n) is 4.02. The van der Waals surface area contributed by atoms with Gasteiger partial charge < -0.3 is 9.47 Å². The van der Waals surface area contributed by atoms with Gasteiger partial charge in [-0.1, -0.05) is 13.8 Å². The molecule has 92 valence electrons. The zero-order chi connectivity index (χ0) is 12.8. The average Bonchev–Trinajstić information content (AvgIpc) is 2.29. The van der Waals surface area contributed by atoms with E-state index in [1.165, 1.54) is 0 Å². The highest BCUT2D eigenvalue weighted by Crippen LogP contribution is 2.33. The smallest absolute Gasteiger partial charge is 0.141 e. The maximum atomic E-state index is 9.17. The lowest BCUT2D eigenvalue weighted by atomic mass is 10.0. The number of nitriles is 1. The van der Waals surface area contributed by atoms with E-state index in [-0.39, 0.29) is 0 Å². The molecule has 0 aliphatic heterocycles.